The second kappa shape index (κ2) is 6.50. The third-order valence-electron chi connectivity index (χ3n) is 2.21. The van der Waals surface area contributed by atoms with Crippen LogP contribution in [0, 0.1) is 0 Å². The Kier molecular flexibility index (Phi) is 5.47. The molecule has 1 aromatic rings. The fraction of sp³-hybridized carbons (Fsp3) is 0.467. The van der Waals surface area contributed by atoms with Gasteiger partial charge in [0.25, 0.3) is 5.95 Å². The van der Waals surface area contributed by atoms with Crippen molar-refractivity contribution in [3.8, 4) is 5.75 Å². The van der Waals surface area contributed by atoms with Crippen molar-refractivity contribution in [3.63, 3.8) is 0 Å². The molecule has 0 aliphatic carbocycles. The van der Waals surface area contributed by atoms with Crippen molar-refractivity contribution in [3.05, 3.63) is 35.8 Å². The summed E-state index contributed by atoms with van der Waals surface area (Å²) in [6, 6.07) is 7.87. The highest BCUT2D eigenvalue weighted by Crippen LogP contribution is 2.21. The molecule has 3 nitrogen and oxygen atoms in total. The topological polar surface area (TPSA) is 27.7 Å². The van der Waals surface area contributed by atoms with Gasteiger partial charge in [-0.1, -0.05) is 12.1 Å². The van der Waals surface area contributed by atoms with Crippen molar-refractivity contribution in [1.29, 1.82) is 0 Å². The molecule has 20 heavy (non-hydrogen) atoms. The average Bonchev–Trinajstić information content (AvgIpc) is 2.25. The van der Waals surface area contributed by atoms with E-state index in [1.165, 1.54) is 0 Å². The van der Waals surface area contributed by atoms with Crippen molar-refractivity contribution < 1.29 is 13.6 Å². The molecule has 0 aromatic heterocycles. The quantitative estimate of drug-likeness (QED) is 0.563. The van der Waals surface area contributed by atoms with Gasteiger partial charge in [0.2, 0.25) is 16.6 Å². The monoisotopic (exact) mass is 310 g/mol. The Morgan fingerprint density at radius 3 is 1.65 bits per heavy atom. The minimum absolute atomic E-state index is 0.647. The molecule has 0 N–H and O–H groups in total. The summed E-state index contributed by atoms with van der Waals surface area (Å²) >= 11 is 0. The lowest BCUT2D eigenvalue weighted by atomic mass is 10.2. The molecular weight excluding hydrogens is 284 g/mol. The van der Waals surface area contributed by atoms with Crippen LogP contribution in [0.25, 0.3) is 6.08 Å². The molecule has 0 fully saturated rings. The van der Waals surface area contributed by atoms with Crippen molar-refractivity contribution in [1.82, 2.24) is 0 Å². The van der Waals surface area contributed by atoms with Gasteiger partial charge in [-0.2, -0.15) is 0 Å². The first-order valence-corrected chi connectivity index (χ1v) is 13.6. The van der Waals surface area contributed by atoms with Crippen LogP contribution in [0.4, 0.5) is 0 Å². The minimum Gasteiger partial charge on any atom is -0.521 e. The molecule has 0 atom stereocenters. The Morgan fingerprint density at radius 1 is 0.850 bits per heavy atom. The summed E-state index contributed by atoms with van der Waals surface area (Å²) in [5.74, 6) is 1.49. The summed E-state index contributed by atoms with van der Waals surface area (Å²) in [7, 11) is -1.71. The Balaban J connectivity index is 2.98. The summed E-state index contributed by atoms with van der Waals surface area (Å²) in [6.45, 7) is 12.9. The SMILES string of the molecule is COc1ccc(C=C(O[Si](C)(C)C)O[Si](C)(C)C)cc1. The van der Waals surface area contributed by atoms with E-state index in [1.54, 1.807) is 7.11 Å². The summed E-state index contributed by atoms with van der Waals surface area (Å²) in [5, 5.41) is 0. The number of benzene rings is 1. The van der Waals surface area contributed by atoms with Crippen molar-refractivity contribution >= 4 is 22.7 Å². The van der Waals surface area contributed by atoms with E-state index in [2.05, 4.69) is 39.3 Å². The maximum Gasteiger partial charge on any atom is 0.251 e. The average molecular weight is 311 g/mol. The van der Waals surface area contributed by atoms with Crippen LogP contribution < -0.4 is 4.74 Å². The third-order valence-corrected chi connectivity index (χ3v) is 3.84. The van der Waals surface area contributed by atoms with E-state index in [0.717, 1.165) is 11.3 Å². The van der Waals surface area contributed by atoms with Gasteiger partial charge < -0.3 is 13.6 Å². The molecule has 112 valence electrons. The first kappa shape index (κ1) is 16.8. The van der Waals surface area contributed by atoms with Crippen molar-refractivity contribution in [2.24, 2.45) is 0 Å². The van der Waals surface area contributed by atoms with Gasteiger partial charge in [0, 0.05) is 6.08 Å². The van der Waals surface area contributed by atoms with Crippen LogP contribution in [0.15, 0.2) is 30.2 Å². The highest BCUT2D eigenvalue weighted by molar-refractivity contribution is 6.71. The first-order valence-electron chi connectivity index (χ1n) is 6.83. The van der Waals surface area contributed by atoms with Gasteiger partial charge in [-0.25, -0.2) is 0 Å². The van der Waals surface area contributed by atoms with Crippen LogP contribution in [-0.2, 0) is 8.85 Å². The zero-order valence-electron chi connectivity index (χ0n) is 13.6. The molecule has 0 amide bonds. The standard InChI is InChI=1S/C15H26O3Si2/c1-16-14-10-8-13(9-11-14)12-15(17-19(2,3)4)18-20(5,6)7/h8-12H,1-7H3. The Hall–Kier alpha value is -1.21. The fourth-order valence-electron chi connectivity index (χ4n) is 1.52. The van der Waals surface area contributed by atoms with Crippen LogP contribution in [-0.4, -0.2) is 23.7 Å². The zero-order valence-corrected chi connectivity index (χ0v) is 15.6. The molecule has 1 aromatic carbocycles. The van der Waals surface area contributed by atoms with E-state index in [0.29, 0.717) is 5.95 Å². The molecule has 0 spiro atoms. The highest BCUT2D eigenvalue weighted by Gasteiger charge is 2.23. The number of rotatable bonds is 6. The molecule has 0 bridgehead atoms. The first-order chi connectivity index (χ1) is 9.09. The van der Waals surface area contributed by atoms with E-state index < -0.39 is 16.6 Å². The lowest BCUT2D eigenvalue weighted by Crippen LogP contribution is -2.31. The van der Waals surface area contributed by atoms with Crippen LogP contribution >= 0.6 is 0 Å². The second-order valence-corrected chi connectivity index (χ2v) is 15.5. The fourth-order valence-corrected chi connectivity index (χ4v) is 3.01. The van der Waals surface area contributed by atoms with Gasteiger partial charge >= 0.3 is 0 Å². The maximum atomic E-state index is 6.06. The predicted octanol–water partition coefficient (Wildman–Crippen LogP) is 4.70. The zero-order chi connectivity index (χ0) is 15.4. The number of methoxy groups -OCH3 is 1. The summed E-state index contributed by atoms with van der Waals surface area (Å²) in [6.07, 6.45) is 1.97. The maximum absolute atomic E-state index is 6.06. The Morgan fingerprint density at radius 2 is 1.30 bits per heavy atom. The van der Waals surface area contributed by atoms with Gasteiger partial charge in [0.15, 0.2) is 0 Å². The molecule has 0 unspecified atom stereocenters. The molecule has 5 heteroatoms. The van der Waals surface area contributed by atoms with Crippen LogP contribution in [0.2, 0.25) is 39.3 Å². The Labute approximate surface area is 124 Å². The number of ether oxygens (including phenoxy) is 1. The lowest BCUT2D eigenvalue weighted by molar-refractivity contribution is 0.222. The molecular formula is C15H26O3Si2. The van der Waals surface area contributed by atoms with Crippen molar-refractivity contribution in [2.45, 2.75) is 39.3 Å². The normalized spacial score (nSPS) is 11.8. The predicted molar refractivity (Wildman–Crippen MR) is 89.8 cm³/mol. The minimum atomic E-state index is -1.69. The molecule has 0 aliphatic rings. The summed E-state index contributed by atoms with van der Waals surface area (Å²) < 4.78 is 17.3. The van der Waals surface area contributed by atoms with E-state index in [1.807, 2.05) is 30.3 Å². The van der Waals surface area contributed by atoms with E-state index >= 15 is 0 Å². The smallest absolute Gasteiger partial charge is 0.251 e. The molecule has 0 heterocycles. The second-order valence-electron chi connectivity index (χ2n) is 6.67. The van der Waals surface area contributed by atoms with Crippen LogP contribution in [0.5, 0.6) is 5.75 Å². The van der Waals surface area contributed by atoms with E-state index in [4.69, 9.17) is 13.6 Å². The number of hydrogen-bond donors (Lipinski definition) is 0. The van der Waals surface area contributed by atoms with Crippen LogP contribution in [0.1, 0.15) is 5.56 Å². The van der Waals surface area contributed by atoms with E-state index in [9.17, 15) is 0 Å². The molecule has 0 saturated carbocycles. The number of hydrogen-bond acceptors (Lipinski definition) is 3. The molecule has 0 radical (unpaired) electrons. The summed E-state index contributed by atoms with van der Waals surface area (Å²) in [4.78, 5) is 0. The molecule has 0 aliphatic heterocycles. The highest BCUT2D eigenvalue weighted by atomic mass is 28.4. The van der Waals surface area contributed by atoms with E-state index in [-0.39, 0.29) is 0 Å². The van der Waals surface area contributed by atoms with Gasteiger partial charge in [-0.05, 0) is 57.0 Å². The van der Waals surface area contributed by atoms with Gasteiger partial charge in [-0.15, -0.1) is 0 Å². The summed E-state index contributed by atoms with van der Waals surface area (Å²) in [5.41, 5.74) is 1.05. The Bertz CT molecular complexity index is 435. The molecule has 0 saturated heterocycles. The van der Waals surface area contributed by atoms with Gasteiger partial charge in [0.1, 0.15) is 5.75 Å². The van der Waals surface area contributed by atoms with Crippen LogP contribution in [0.3, 0.4) is 0 Å². The lowest BCUT2D eigenvalue weighted by Gasteiger charge is -2.27. The third kappa shape index (κ3) is 6.81. The molecule has 1 rings (SSSR count). The van der Waals surface area contributed by atoms with Gasteiger partial charge in [-0.3, -0.25) is 0 Å². The largest absolute Gasteiger partial charge is 0.521 e. The van der Waals surface area contributed by atoms with Crippen molar-refractivity contribution in [2.75, 3.05) is 7.11 Å². The van der Waals surface area contributed by atoms with Gasteiger partial charge in [0.05, 0.1) is 7.11 Å².